The number of alkyl halides is 2. The smallest absolute Gasteiger partial charge is 0.320 e. The zero-order valence-corrected chi connectivity index (χ0v) is 18.1. The molecule has 0 N–H and O–H groups in total. The molecule has 0 aromatic heterocycles. The van der Waals surface area contributed by atoms with Crippen molar-refractivity contribution >= 4 is 11.8 Å². The van der Waals surface area contributed by atoms with Gasteiger partial charge >= 0.3 is 6.03 Å². The Morgan fingerprint density at radius 3 is 2.44 bits per heavy atom. The first-order chi connectivity index (χ1) is 15.2. The van der Waals surface area contributed by atoms with E-state index < -0.39 is 18.5 Å². The van der Waals surface area contributed by atoms with Gasteiger partial charge in [-0.25, -0.2) is 18.0 Å². The van der Waals surface area contributed by atoms with E-state index in [1.165, 1.54) is 11.0 Å². The highest BCUT2D eigenvalue weighted by atomic mass is 19.3. The molecule has 1 atom stereocenters. The van der Waals surface area contributed by atoms with E-state index in [0.717, 1.165) is 11.1 Å². The van der Waals surface area contributed by atoms with Crippen LogP contribution in [0.3, 0.4) is 0 Å². The fourth-order valence-electron chi connectivity index (χ4n) is 4.73. The van der Waals surface area contributed by atoms with Gasteiger partial charge in [-0.2, -0.15) is 0 Å². The number of carbonyl (C=O) groups excluding carboxylic acids is 2. The van der Waals surface area contributed by atoms with Crippen LogP contribution in [-0.4, -0.2) is 53.2 Å². The molecule has 2 aromatic carbocycles. The molecule has 32 heavy (non-hydrogen) atoms. The van der Waals surface area contributed by atoms with Gasteiger partial charge in [-0.15, -0.1) is 0 Å². The largest absolute Gasteiger partial charge is 0.325 e. The molecular formula is C25H27F3N2O2. The number of ketones is 1. The number of piperidine rings is 1. The van der Waals surface area contributed by atoms with E-state index in [-0.39, 0.29) is 36.4 Å². The second kappa shape index (κ2) is 8.96. The molecule has 2 saturated heterocycles. The minimum Gasteiger partial charge on any atom is -0.325 e. The van der Waals surface area contributed by atoms with Gasteiger partial charge in [0, 0.05) is 43.5 Å². The Hall–Kier alpha value is -2.83. The Morgan fingerprint density at radius 1 is 1.06 bits per heavy atom. The molecule has 2 fully saturated rings. The Morgan fingerprint density at radius 2 is 1.78 bits per heavy atom. The molecule has 2 aliphatic heterocycles. The van der Waals surface area contributed by atoms with E-state index in [9.17, 15) is 22.8 Å². The molecule has 7 heteroatoms. The molecule has 2 amide bonds. The van der Waals surface area contributed by atoms with Crippen molar-refractivity contribution < 1.29 is 22.8 Å². The van der Waals surface area contributed by atoms with E-state index >= 15 is 0 Å². The van der Waals surface area contributed by atoms with Crippen LogP contribution in [0.25, 0.3) is 11.1 Å². The van der Waals surface area contributed by atoms with Crippen molar-refractivity contribution in [3.8, 4) is 11.1 Å². The SMILES string of the molecule is C[C@@H]1CC(F)(F)CN1C(=O)N1CCC(C(=O)Cc2cccc(-c3ccccc3F)c2)CC1. The van der Waals surface area contributed by atoms with Crippen molar-refractivity contribution in [2.24, 2.45) is 5.92 Å². The van der Waals surface area contributed by atoms with E-state index in [0.29, 0.717) is 31.5 Å². The maximum Gasteiger partial charge on any atom is 0.320 e. The molecule has 2 aromatic rings. The van der Waals surface area contributed by atoms with E-state index in [1.54, 1.807) is 30.0 Å². The summed E-state index contributed by atoms with van der Waals surface area (Å²) in [5.41, 5.74) is 2.04. The standard InChI is InChI=1S/C25H27F3N2O2/c1-17-15-25(27,28)16-30(17)24(32)29-11-9-19(10-12-29)23(31)14-18-5-4-6-20(13-18)21-7-2-3-8-22(21)26/h2-8,13,17,19H,9-12,14-16H2,1H3/t17-/m1/s1. The molecule has 0 bridgehead atoms. The number of amides is 2. The van der Waals surface area contributed by atoms with Crippen LogP contribution in [0, 0.1) is 11.7 Å². The number of carbonyl (C=O) groups is 2. The first-order valence-corrected chi connectivity index (χ1v) is 11.0. The van der Waals surface area contributed by atoms with Crippen LogP contribution in [-0.2, 0) is 11.2 Å². The minimum atomic E-state index is -2.83. The lowest BCUT2D eigenvalue weighted by atomic mass is 9.89. The summed E-state index contributed by atoms with van der Waals surface area (Å²) in [4.78, 5) is 28.4. The quantitative estimate of drug-likeness (QED) is 0.653. The van der Waals surface area contributed by atoms with Gasteiger partial charge in [-0.3, -0.25) is 4.79 Å². The van der Waals surface area contributed by atoms with Crippen LogP contribution >= 0.6 is 0 Å². The van der Waals surface area contributed by atoms with Crippen molar-refractivity contribution in [2.75, 3.05) is 19.6 Å². The highest BCUT2D eigenvalue weighted by Gasteiger charge is 2.46. The third-order valence-corrected chi connectivity index (χ3v) is 6.48. The number of halogens is 3. The lowest BCUT2D eigenvalue weighted by Crippen LogP contribution is -2.49. The molecule has 4 nitrogen and oxygen atoms in total. The molecule has 0 radical (unpaired) electrons. The topological polar surface area (TPSA) is 40.6 Å². The number of likely N-dealkylation sites (tertiary alicyclic amines) is 2. The molecule has 2 aliphatic rings. The van der Waals surface area contributed by atoms with Crippen LogP contribution in [0.5, 0.6) is 0 Å². The monoisotopic (exact) mass is 444 g/mol. The highest BCUT2D eigenvalue weighted by molar-refractivity contribution is 5.84. The molecule has 4 rings (SSSR count). The van der Waals surface area contributed by atoms with Crippen LogP contribution in [0.2, 0.25) is 0 Å². The second-order valence-corrected chi connectivity index (χ2v) is 8.90. The lowest BCUT2D eigenvalue weighted by molar-refractivity contribution is -0.123. The number of urea groups is 1. The van der Waals surface area contributed by atoms with Gasteiger partial charge in [0.15, 0.2) is 0 Å². The van der Waals surface area contributed by atoms with Crippen molar-refractivity contribution in [1.82, 2.24) is 9.80 Å². The fraction of sp³-hybridized carbons (Fsp3) is 0.440. The van der Waals surface area contributed by atoms with Gasteiger partial charge in [-0.1, -0.05) is 42.5 Å². The normalized spacial score (nSPS) is 21.1. The molecule has 2 heterocycles. The van der Waals surface area contributed by atoms with Gasteiger partial charge < -0.3 is 9.80 Å². The Kier molecular flexibility index (Phi) is 6.26. The molecule has 170 valence electrons. The number of hydrogen-bond donors (Lipinski definition) is 0. The van der Waals surface area contributed by atoms with Crippen molar-refractivity contribution in [1.29, 1.82) is 0 Å². The summed E-state index contributed by atoms with van der Waals surface area (Å²) in [6, 6.07) is 13.0. The molecule has 0 aliphatic carbocycles. The second-order valence-electron chi connectivity index (χ2n) is 8.90. The fourth-order valence-corrected chi connectivity index (χ4v) is 4.73. The number of Topliss-reactive ketones (excluding diaryl/α,β-unsaturated/α-hetero) is 1. The van der Waals surface area contributed by atoms with E-state index in [4.69, 9.17) is 0 Å². The third-order valence-electron chi connectivity index (χ3n) is 6.48. The summed E-state index contributed by atoms with van der Waals surface area (Å²) >= 11 is 0. The Balaban J connectivity index is 1.34. The van der Waals surface area contributed by atoms with Gasteiger partial charge in [0.05, 0.1) is 6.54 Å². The maximum atomic E-state index is 14.1. The van der Waals surface area contributed by atoms with Crippen LogP contribution < -0.4 is 0 Å². The van der Waals surface area contributed by atoms with E-state index in [1.807, 2.05) is 24.3 Å². The zero-order valence-electron chi connectivity index (χ0n) is 18.1. The summed E-state index contributed by atoms with van der Waals surface area (Å²) in [5, 5.41) is 0. The van der Waals surface area contributed by atoms with Gasteiger partial charge in [0.1, 0.15) is 11.6 Å². The Labute approximate surface area is 186 Å². The van der Waals surface area contributed by atoms with Crippen molar-refractivity contribution in [3.63, 3.8) is 0 Å². The number of rotatable bonds is 4. The van der Waals surface area contributed by atoms with Crippen molar-refractivity contribution in [3.05, 3.63) is 59.9 Å². The maximum absolute atomic E-state index is 14.1. The zero-order chi connectivity index (χ0) is 22.9. The van der Waals surface area contributed by atoms with Gasteiger partial charge in [0.2, 0.25) is 0 Å². The minimum absolute atomic E-state index is 0.0869. The van der Waals surface area contributed by atoms with Crippen LogP contribution in [0.1, 0.15) is 31.7 Å². The van der Waals surface area contributed by atoms with Gasteiger partial charge in [-0.05, 0) is 37.0 Å². The summed E-state index contributed by atoms with van der Waals surface area (Å²) in [5.74, 6) is -3.23. The highest BCUT2D eigenvalue weighted by Crippen LogP contribution is 2.33. The molecule has 0 spiro atoms. The summed E-state index contributed by atoms with van der Waals surface area (Å²) in [6.07, 6.45) is 0.988. The Bertz CT molecular complexity index is 1000. The first kappa shape index (κ1) is 22.4. The summed E-state index contributed by atoms with van der Waals surface area (Å²) < 4.78 is 41.4. The average Bonchev–Trinajstić information content (AvgIpc) is 3.06. The molecule has 0 saturated carbocycles. The molecular weight excluding hydrogens is 417 g/mol. The van der Waals surface area contributed by atoms with E-state index in [2.05, 4.69) is 0 Å². The number of benzene rings is 2. The predicted molar refractivity (Wildman–Crippen MR) is 116 cm³/mol. The van der Waals surface area contributed by atoms with Crippen LogP contribution in [0.4, 0.5) is 18.0 Å². The number of hydrogen-bond acceptors (Lipinski definition) is 2. The van der Waals surface area contributed by atoms with Gasteiger partial charge in [0.25, 0.3) is 5.92 Å². The first-order valence-electron chi connectivity index (χ1n) is 11.0. The average molecular weight is 444 g/mol. The third kappa shape index (κ3) is 4.81. The van der Waals surface area contributed by atoms with Crippen molar-refractivity contribution in [2.45, 2.75) is 44.6 Å². The number of nitrogens with zero attached hydrogens (tertiary/aromatic N) is 2. The predicted octanol–water partition coefficient (Wildman–Crippen LogP) is 5.17. The van der Waals surface area contributed by atoms with Crippen LogP contribution in [0.15, 0.2) is 48.5 Å². The summed E-state index contributed by atoms with van der Waals surface area (Å²) in [6.45, 7) is 1.88. The lowest BCUT2D eigenvalue weighted by Gasteiger charge is -2.35. The summed E-state index contributed by atoms with van der Waals surface area (Å²) in [7, 11) is 0. The molecule has 0 unspecified atom stereocenters.